The van der Waals surface area contributed by atoms with Crippen LogP contribution in [0.3, 0.4) is 0 Å². The molecular weight excluding hydrogens is 282 g/mol. The number of nitrogens with zero attached hydrogens (tertiary/aromatic N) is 1. The van der Waals surface area contributed by atoms with Crippen LogP contribution in [0.5, 0.6) is 0 Å². The van der Waals surface area contributed by atoms with E-state index in [1.165, 1.54) is 6.07 Å². The number of hydrogen-bond donors (Lipinski definition) is 1. The molecule has 0 radical (unpaired) electrons. The highest BCUT2D eigenvalue weighted by Crippen LogP contribution is 2.18. The summed E-state index contributed by atoms with van der Waals surface area (Å²) in [6.45, 7) is 4.05. The summed E-state index contributed by atoms with van der Waals surface area (Å²) in [6.07, 6.45) is 1.55. The van der Waals surface area contributed by atoms with Crippen molar-refractivity contribution in [2.24, 2.45) is 5.92 Å². The number of aromatic nitrogens is 1. The third-order valence-electron chi connectivity index (χ3n) is 2.10. The Labute approximate surface area is 102 Å². The summed E-state index contributed by atoms with van der Waals surface area (Å²) >= 11 is 8.93. The molecule has 1 aromatic rings. The molecule has 15 heavy (non-hydrogen) atoms. The van der Waals surface area contributed by atoms with Crippen molar-refractivity contribution >= 4 is 33.3 Å². The number of nitrogens with one attached hydrogen (secondary N) is 1. The quantitative estimate of drug-likeness (QED) is 0.858. The van der Waals surface area contributed by atoms with Gasteiger partial charge in [-0.2, -0.15) is 0 Å². The lowest BCUT2D eigenvalue weighted by molar-refractivity contribution is 0.552. The first kappa shape index (κ1) is 12.7. The first-order chi connectivity index (χ1) is 7.04. The van der Waals surface area contributed by atoms with Crippen molar-refractivity contribution in [3.8, 4) is 0 Å². The Bertz CT molecular complexity index is 333. The van der Waals surface area contributed by atoms with E-state index in [2.05, 4.69) is 26.2 Å². The Kier molecular flexibility index (Phi) is 4.80. The minimum absolute atomic E-state index is 0.0230. The van der Waals surface area contributed by atoms with E-state index >= 15 is 0 Å². The molecule has 0 saturated carbocycles. The van der Waals surface area contributed by atoms with Gasteiger partial charge in [0.25, 0.3) is 0 Å². The molecule has 0 aliphatic carbocycles. The van der Waals surface area contributed by atoms with Crippen LogP contribution in [0.2, 0.25) is 0 Å². The molecule has 0 amide bonds. The van der Waals surface area contributed by atoms with Crippen LogP contribution in [0.4, 0.5) is 10.2 Å². The van der Waals surface area contributed by atoms with Crippen molar-refractivity contribution < 1.29 is 4.39 Å². The molecule has 1 unspecified atom stereocenters. The van der Waals surface area contributed by atoms with Gasteiger partial charge in [-0.25, -0.2) is 9.37 Å². The second-order valence-electron chi connectivity index (χ2n) is 3.63. The van der Waals surface area contributed by atoms with Crippen LogP contribution in [-0.4, -0.2) is 16.9 Å². The van der Waals surface area contributed by atoms with E-state index in [1.54, 1.807) is 6.20 Å². The van der Waals surface area contributed by atoms with Crippen LogP contribution in [0.25, 0.3) is 0 Å². The van der Waals surface area contributed by atoms with E-state index in [1.807, 2.05) is 13.8 Å². The molecule has 0 saturated heterocycles. The Hall–Kier alpha value is -0.350. The molecule has 0 spiro atoms. The summed E-state index contributed by atoms with van der Waals surface area (Å²) in [6, 6.07) is 1.40. The van der Waals surface area contributed by atoms with Crippen molar-refractivity contribution in [3.63, 3.8) is 0 Å². The van der Waals surface area contributed by atoms with E-state index in [9.17, 15) is 4.39 Å². The monoisotopic (exact) mass is 294 g/mol. The average Bonchev–Trinajstić information content (AvgIpc) is 2.16. The van der Waals surface area contributed by atoms with Gasteiger partial charge in [0.05, 0.1) is 0 Å². The van der Waals surface area contributed by atoms with E-state index in [4.69, 9.17) is 11.6 Å². The van der Waals surface area contributed by atoms with Gasteiger partial charge in [0.2, 0.25) is 0 Å². The molecule has 0 aliphatic rings. The summed E-state index contributed by atoms with van der Waals surface area (Å²) in [5, 5.41) is 2.98. The Balaban J connectivity index is 2.79. The topological polar surface area (TPSA) is 24.9 Å². The normalized spacial score (nSPS) is 12.9. The number of halogens is 3. The number of anilines is 1. The highest BCUT2D eigenvalue weighted by atomic mass is 79.9. The summed E-state index contributed by atoms with van der Waals surface area (Å²) < 4.78 is 14.0. The van der Waals surface area contributed by atoms with Gasteiger partial charge < -0.3 is 5.32 Å². The zero-order valence-corrected chi connectivity index (χ0v) is 10.9. The zero-order chi connectivity index (χ0) is 11.4. The lowest BCUT2D eigenvalue weighted by atomic mass is 10.1. The van der Waals surface area contributed by atoms with E-state index < -0.39 is 0 Å². The third-order valence-corrected chi connectivity index (χ3v) is 2.87. The van der Waals surface area contributed by atoms with Gasteiger partial charge in [-0.05, 0) is 27.9 Å². The summed E-state index contributed by atoms with van der Waals surface area (Å²) in [7, 11) is 0. The minimum Gasteiger partial charge on any atom is -0.363 e. The number of alkyl halides is 1. The molecule has 1 atom stereocenters. The molecule has 0 aromatic carbocycles. The molecular formula is C10H13BrClFN2. The number of hydrogen-bond acceptors (Lipinski definition) is 2. The molecule has 5 heteroatoms. The van der Waals surface area contributed by atoms with Crippen LogP contribution < -0.4 is 5.32 Å². The molecule has 0 bridgehead atoms. The predicted molar refractivity (Wildman–Crippen MR) is 64.9 cm³/mol. The zero-order valence-electron chi connectivity index (χ0n) is 8.60. The molecule has 0 fully saturated rings. The predicted octanol–water partition coefficient (Wildman–Crippen LogP) is 3.66. The number of rotatable bonds is 4. The Morgan fingerprint density at radius 3 is 2.73 bits per heavy atom. The van der Waals surface area contributed by atoms with Crippen LogP contribution in [-0.2, 0) is 0 Å². The molecule has 1 aromatic heterocycles. The largest absolute Gasteiger partial charge is 0.363 e. The SMILES string of the molecule is CC(C)C(CCl)Nc1ncc(Br)cc1F. The highest BCUT2D eigenvalue weighted by Gasteiger charge is 2.14. The standard InChI is InChI=1S/C10H13BrClFN2/c1-6(2)9(4-12)15-10-8(13)3-7(11)5-14-10/h3,5-6,9H,4H2,1-2H3,(H,14,15). The van der Waals surface area contributed by atoms with Crippen molar-refractivity contribution in [3.05, 3.63) is 22.6 Å². The Morgan fingerprint density at radius 2 is 2.27 bits per heavy atom. The van der Waals surface area contributed by atoms with Crippen molar-refractivity contribution in [2.45, 2.75) is 19.9 Å². The lowest BCUT2D eigenvalue weighted by Crippen LogP contribution is -2.28. The van der Waals surface area contributed by atoms with Crippen LogP contribution >= 0.6 is 27.5 Å². The van der Waals surface area contributed by atoms with Crippen molar-refractivity contribution in [2.75, 3.05) is 11.2 Å². The smallest absolute Gasteiger partial charge is 0.166 e. The van der Waals surface area contributed by atoms with Gasteiger partial charge in [0.15, 0.2) is 11.6 Å². The fraction of sp³-hybridized carbons (Fsp3) is 0.500. The number of pyridine rings is 1. The molecule has 1 N–H and O–H groups in total. The van der Waals surface area contributed by atoms with Crippen molar-refractivity contribution in [1.82, 2.24) is 4.98 Å². The molecule has 1 heterocycles. The second kappa shape index (κ2) is 5.66. The van der Waals surface area contributed by atoms with Gasteiger partial charge in [-0.1, -0.05) is 13.8 Å². The first-order valence-corrected chi connectivity index (χ1v) is 6.01. The fourth-order valence-electron chi connectivity index (χ4n) is 1.08. The maximum Gasteiger partial charge on any atom is 0.166 e. The van der Waals surface area contributed by atoms with Gasteiger partial charge in [-0.15, -0.1) is 11.6 Å². The first-order valence-electron chi connectivity index (χ1n) is 4.68. The maximum atomic E-state index is 13.4. The van der Waals surface area contributed by atoms with Crippen LogP contribution in [0, 0.1) is 11.7 Å². The molecule has 0 aliphatic heterocycles. The minimum atomic E-state index is -0.375. The lowest BCUT2D eigenvalue weighted by Gasteiger charge is -2.20. The molecule has 84 valence electrons. The van der Waals surface area contributed by atoms with E-state index in [-0.39, 0.29) is 17.7 Å². The van der Waals surface area contributed by atoms with Gasteiger partial charge in [0.1, 0.15) is 0 Å². The fourth-order valence-corrected chi connectivity index (χ4v) is 1.82. The highest BCUT2D eigenvalue weighted by molar-refractivity contribution is 9.10. The van der Waals surface area contributed by atoms with E-state index in [0.717, 1.165) is 0 Å². The third kappa shape index (κ3) is 3.61. The second-order valence-corrected chi connectivity index (χ2v) is 4.86. The van der Waals surface area contributed by atoms with Crippen LogP contribution in [0.15, 0.2) is 16.7 Å². The summed E-state index contributed by atoms with van der Waals surface area (Å²) in [5.41, 5.74) is 0. The van der Waals surface area contributed by atoms with Crippen molar-refractivity contribution in [1.29, 1.82) is 0 Å². The average molecular weight is 296 g/mol. The summed E-state index contributed by atoms with van der Waals surface area (Å²) in [5.74, 6) is 0.625. The Morgan fingerprint density at radius 1 is 1.60 bits per heavy atom. The van der Waals surface area contributed by atoms with E-state index in [0.29, 0.717) is 16.3 Å². The molecule has 2 nitrogen and oxygen atoms in total. The maximum absolute atomic E-state index is 13.4. The van der Waals surface area contributed by atoms with Gasteiger partial charge >= 0.3 is 0 Å². The van der Waals surface area contributed by atoms with Gasteiger partial charge in [-0.3, -0.25) is 0 Å². The van der Waals surface area contributed by atoms with Crippen LogP contribution in [0.1, 0.15) is 13.8 Å². The van der Waals surface area contributed by atoms with Gasteiger partial charge in [0, 0.05) is 22.6 Å². The summed E-state index contributed by atoms with van der Waals surface area (Å²) in [4.78, 5) is 3.96. The molecule has 1 rings (SSSR count).